The monoisotopic (exact) mass is 464 g/mol. The average molecular weight is 465 g/mol. The van der Waals surface area contributed by atoms with Crippen molar-refractivity contribution in [1.82, 2.24) is 9.80 Å². The quantitative estimate of drug-likeness (QED) is 0.531. The summed E-state index contributed by atoms with van der Waals surface area (Å²) in [7, 11) is 0. The first-order valence-corrected chi connectivity index (χ1v) is 10.6. The van der Waals surface area contributed by atoms with Crippen LogP contribution in [0.3, 0.4) is 0 Å². The molecule has 1 N–H and O–H groups in total. The van der Waals surface area contributed by atoms with Crippen LogP contribution in [0.5, 0.6) is 0 Å². The van der Waals surface area contributed by atoms with Gasteiger partial charge in [0.1, 0.15) is 0 Å². The minimum Gasteiger partial charge on any atom is -0.337 e. The lowest BCUT2D eigenvalue weighted by Crippen LogP contribution is -2.44. The topological polar surface area (TPSA) is 95.8 Å². The van der Waals surface area contributed by atoms with Crippen LogP contribution < -0.4 is 5.32 Å². The maximum atomic E-state index is 12.8. The number of nitrogens with one attached hydrogen (secondary N) is 1. The average Bonchev–Trinajstić information content (AvgIpc) is 3.00. The Balaban J connectivity index is 1.63. The van der Waals surface area contributed by atoms with Gasteiger partial charge in [-0.3, -0.25) is 24.6 Å². The van der Waals surface area contributed by atoms with E-state index < -0.39 is 11.0 Å². The van der Waals surface area contributed by atoms with Crippen molar-refractivity contribution in [2.24, 2.45) is 0 Å². The molecule has 10 heteroatoms. The van der Waals surface area contributed by atoms with Crippen molar-refractivity contribution < 1.29 is 14.5 Å². The van der Waals surface area contributed by atoms with E-state index >= 15 is 0 Å². The van der Waals surface area contributed by atoms with Crippen LogP contribution in [0.4, 0.5) is 11.4 Å². The zero-order valence-electron chi connectivity index (χ0n) is 16.9. The fourth-order valence-electron chi connectivity index (χ4n) is 3.46. The molecular formula is C21H22Cl2N4O4. The van der Waals surface area contributed by atoms with Crippen LogP contribution in [0, 0.1) is 10.1 Å². The van der Waals surface area contributed by atoms with Gasteiger partial charge in [0.25, 0.3) is 11.6 Å². The van der Waals surface area contributed by atoms with Gasteiger partial charge in [0.05, 0.1) is 21.7 Å². The molecule has 0 radical (unpaired) electrons. The Morgan fingerprint density at radius 3 is 2.58 bits per heavy atom. The van der Waals surface area contributed by atoms with Crippen molar-refractivity contribution in [3.05, 3.63) is 68.2 Å². The maximum absolute atomic E-state index is 12.8. The van der Waals surface area contributed by atoms with Gasteiger partial charge in [-0.15, -0.1) is 0 Å². The molecule has 1 unspecified atom stereocenters. The van der Waals surface area contributed by atoms with Gasteiger partial charge in [0.15, 0.2) is 0 Å². The molecule has 1 aliphatic heterocycles. The van der Waals surface area contributed by atoms with E-state index in [1.165, 1.54) is 18.2 Å². The van der Waals surface area contributed by atoms with Crippen molar-refractivity contribution in [2.45, 2.75) is 19.4 Å². The Morgan fingerprint density at radius 2 is 1.87 bits per heavy atom. The molecule has 1 atom stereocenters. The van der Waals surface area contributed by atoms with Gasteiger partial charge < -0.3 is 10.2 Å². The van der Waals surface area contributed by atoms with Gasteiger partial charge in [-0.25, -0.2) is 0 Å². The van der Waals surface area contributed by atoms with Crippen LogP contribution in [0.15, 0.2) is 42.5 Å². The number of carbonyl (C=O) groups is 2. The molecule has 31 heavy (non-hydrogen) atoms. The third-order valence-electron chi connectivity index (χ3n) is 5.24. The van der Waals surface area contributed by atoms with Gasteiger partial charge in [0.2, 0.25) is 5.91 Å². The Hall–Kier alpha value is -2.68. The molecule has 3 rings (SSSR count). The Bertz CT molecular complexity index is 1000. The smallest absolute Gasteiger partial charge is 0.271 e. The van der Waals surface area contributed by atoms with Crippen LogP contribution in [-0.2, 0) is 4.79 Å². The summed E-state index contributed by atoms with van der Waals surface area (Å²) in [5.41, 5.74) is 0.574. The molecule has 1 heterocycles. The minimum absolute atomic E-state index is 0.0927. The summed E-state index contributed by atoms with van der Waals surface area (Å²) in [5, 5.41) is 14.4. The first kappa shape index (κ1) is 23.0. The summed E-state index contributed by atoms with van der Waals surface area (Å²) in [6.45, 7) is 3.96. The standard InChI is InChI=1S/C21H22Cl2N4O4/c1-14(20(28)24-19-13-17(27(30)31)6-7-18(19)23)25-8-3-9-26(11-10-25)21(29)15-4-2-5-16(22)12-15/h2,4-7,12-14H,3,8-11H2,1H3,(H,24,28). The minimum atomic E-state index is -0.546. The largest absolute Gasteiger partial charge is 0.337 e. The lowest BCUT2D eigenvalue weighted by molar-refractivity contribution is -0.384. The number of nitro benzene ring substituents is 1. The molecule has 1 fully saturated rings. The predicted molar refractivity (Wildman–Crippen MR) is 120 cm³/mol. The first-order valence-electron chi connectivity index (χ1n) is 9.80. The molecule has 1 saturated heterocycles. The van der Waals surface area contributed by atoms with Crippen molar-refractivity contribution in [1.29, 1.82) is 0 Å². The second-order valence-corrected chi connectivity index (χ2v) is 8.12. The normalized spacial score (nSPS) is 15.8. The Labute approximate surface area is 189 Å². The SMILES string of the molecule is CC(C(=O)Nc1cc([N+](=O)[O-])ccc1Cl)N1CCCN(C(=O)c2cccc(Cl)c2)CC1. The maximum Gasteiger partial charge on any atom is 0.271 e. The highest BCUT2D eigenvalue weighted by Crippen LogP contribution is 2.27. The highest BCUT2D eigenvalue weighted by molar-refractivity contribution is 6.33. The number of amides is 2. The van der Waals surface area contributed by atoms with Gasteiger partial charge in [-0.2, -0.15) is 0 Å². The van der Waals surface area contributed by atoms with Crippen molar-refractivity contribution in [2.75, 3.05) is 31.5 Å². The molecule has 0 aromatic heterocycles. The third kappa shape index (κ3) is 5.72. The lowest BCUT2D eigenvalue weighted by atomic mass is 10.2. The van der Waals surface area contributed by atoms with E-state index in [4.69, 9.17) is 23.2 Å². The van der Waals surface area contributed by atoms with Gasteiger partial charge in [-0.1, -0.05) is 29.3 Å². The first-order chi connectivity index (χ1) is 14.8. The molecule has 164 valence electrons. The summed E-state index contributed by atoms with van der Waals surface area (Å²) in [6.07, 6.45) is 0.710. The molecule has 2 aromatic carbocycles. The number of non-ortho nitro benzene ring substituents is 1. The second-order valence-electron chi connectivity index (χ2n) is 7.28. The molecule has 2 aromatic rings. The molecule has 0 spiro atoms. The van der Waals surface area contributed by atoms with Crippen LogP contribution in [0.2, 0.25) is 10.0 Å². The summed E-state index contributed by atoms with van der Waals surface area (Å²) in [4.78, 5) is 39.7. The summed E-state index contributed by atoms with van der Waals surface area (Å²) < 4.78 is 0. The number of rotatable bonds is 5. The Kier molecular flexibility index (Phi) is 7.48. The lowest BCUT2D eigenvalue weighted by Gasteiger charge is -2.27. The molecule has 0 bridgehead atoms. The number of hydrogen-bond donors (Lipinski definition) is 1. The van der Waals surface area contributed by atoms with Crippen LogP contribution >= 0.6 is 23.2 Å². The van der Waals surface area contributed by atoms with E-state index in [9.17, 15) is 19.7 Å². The predicted octanol–water partition coefficient (Wildman–Crippen LogP) is 4.08. The van der Waals surface area contributed by atoms with Crippen LogP contribution in [0.1, 0.15) is 23.7 Å². The second kappa shape index (κ2) is 10.1. The Morgan fingerprint density at radius 1 is 1.10 bits per heavy atom. The van der Waals surface area contributed by atoms with E-state index in [2.05, 4.69) is 5.32 Å². The highest BCUT2D eigenvalue weighted by atomic mass is 35.5. The molecule has 0 saturated carbocycles. The van der Waals surface area contributed by atoms with E-state index in [0.717, 1.165) is 0 Å². The summed E-state index contributed by atoms with van der Waals surface area (Å²) in [6, 6.07) is 10.2. The van der Waals surface area contributed by atoms with Crippen molar-refractivity contribution >= 4 is 46.4 Å². The number of nitrogens with zero attached hydrogens (tertiary/aromatic N) is 3. The number of carbonyl (C=O) groups excluding carboxylic acids is 2. The zero-order chi connectivity index (χ0) is 22.5. The number of anilines is 1. The van der Waals surface area contributed by atoms with Gasteiger partial charge in [0, 0.05) is 48.9 Å². The number of benzene rings is 2. The molecule has 8 nitrogen and oxygen atoms in total. The number of halogens is 2. The van der Waals surface area contributed by atoms with E-state index in [0.29, 0.717) is 43.2 Å². The molecule has 0 aliphatic carbocycles. The van der Waals surface area contributed by atoms with E-state index in [-0.39, 0.29) is 28.2 Å². The number of hydrogen-bond acceptors (Lipinski definition) is 5. The van der Waals surface area contributed by atoms with Gasteiger partial charge in [-0.05, 0) is 37.6 Å². The van der Waals surface area contributed by atoms with E-state index in [1.54, 1.807) is 36.1 Å². The number of nitro groups is 1. The molecular weight excluding hydrogens is 443 g/mol. The highest BCUT2D eigenvalue weighted by Gasteiger charge is 2.27. The van der Waals surface area contributed by atoms with Crippen LogP contribution in [-0.4, -0.2) is 58.8 Å². The van der Waals surface area contributed by atoms with Crippen molar-refractivity contribution in [3.63, 3.8) is 0 Å². The fourth-order valence-corrected chi connectivity index (χ4v) is 3.81. The zero-order valence-corrected chi connectivity index (χ0v) is 18.4. The molecule has 2 amide bonds. The van der Waals surface area contributed by atoms with Crippen molar-refractivity contribution in [3.8, 4) is 0 Å². The summed E-state index contributed by atoms with van der Waals surface area (Å²) >= 11 is 12.1. The molecule has 1 aliphatic rings. The third-order valence-corrected chi connectivity index (χ3v) is 5.80. The van der Waals surface area contributed by atoms with Gasteiger partial charge >= 0.3 is 0 Å². The van der Waals surface area contributed by atoms with E-state index in [1.807, 2.05) is 4.90 Å². The van der Waals surface area contributed by atoms with Crippen LogP contribution in [0.25, 0.3) is 0 Å². The fraction of sp³-hybridized carbons (Fsp3) is 0.333. The summed E-state index contributed by atoms with van der Waals surface area (Å²) in [5.74, 6) is -0.415.